The van der Waals surface area contributed by atoms with E-state index < -0.39 is 11.8 Å². The van der Waals surface area contributed by atoms with Gasteiger partial charge in [0, 0.05) is 36.6 Å². The van der Waals surface area contributed by atoms with Crippen LogP contribution < -0.4 is 10.6 Å². The van der Waals surface area contributed by atoms with Crippen molar-refractivity contribution in [1.82, 2.24) is 5.32 Å². The smallest absolute Gasteiger partial charge is 0.258 e. The molecule has 0 bridgehead atoms. The summed E-state index contributed by atoms with van der Waals surface area (Å²) in [6.07, 6.45) is 0.742. The van der Waals surface area contributed by atoms with Crippen LogP contribution in [0.15, 0.2) is 24.3 Å². The molecule has 0 atom stereocenters. The maximum Gasteiger partial charge on any atom is 0.258 e. The van der Waals surface area contributed by atoms with E-state index in [4.69, 9.17) is 9.47 Å². The molecular weight excluding hydrogens is 360 g/mol. The quantitative estimate of drug-likeness (QED) is 0.369. The van der Waals surface area contributed by atoms with Gasteiger partial charge in [0.25, 0.3) is 11.8 Å². The van der Waals surface area contributed by atoms with Crippen molar-refractivity contribution in [3.8, 4) is 5.75 Å². The summed E-state index contributed by atoms with van der Waals surface area (Å²) in [5, 5.41) is 17.0. The number of nitrogens with one attached hydrogen (secondary N) is 2. The van der Waals surface area contributed by atoms with Crippen LogP contribution in [-0.2, 0) is 9.47 Å². The molecule has 0 saturated heterocycles. The summed E-state index contributed by atoms with van der Waals surface area (Å²) < 4.78 is 10.3. The third-order valence-corrected chi connectivity index (χ3v) is 4.06. The second-order valence-electron chi connectivity index (χ2n) is 5.72. The highest BCUT2D eigenvalue weighted by molar-refractivity contribution is 6.27. The van der Waals surface area contributed by atoms with Gasteiger partial charge < -0.3 is 19.9 Å². The Morgan fingerprint density at radius 2 is 1.88 bits per heavy atom. The molecule has 26 heavy (non-hydrogen) atoms. The van der Waals surface area contributed by atoms with Crippen molar-refractivity contribution in [2.45, 2.75) is 6.42 Å². The number of rotatable bonds is 8. The summed E-state index contributed by atoms with van der Waals surface area (Å²) in [6, 6.07) is 6.57. The Kier molecular flexibility index (Phi) is 6.79. The number of ether oxygens (including phenoxy) is 2. The number of phenolic OH excluding ortho intramolecular Hbond substituents is 1. The summed E-state index contributed by atoms with van der Waals surface area (Å²) in [4.78, 5) is 24.1. The molecule has 0 saturated carbocycles. The fourth-order valence-corrected chi connectivity index (χ4v) is 2.89. The Labute approximate surface area is 157 Å². The number of phenols is 1. The van der Waals surface area contributed by atoms with Crippen LogP contribution in [-0.4, -0.2) is 50.4 Å². The van der Waals surface area contributed by atoms with Gasteiger partial charge in [0.15, 0.2) is 0 Å². The Balaban J connectivity index is 0.00000243. The van der Waals surface area contributed by atoms with E-state index in [1.165, 1.54) is 6.07 Å². The molecule has 2 amide bonds. The van der Waals surface area contributed by atoms with Crippen molar-refractivity contribution in [3.63, 3.8) is 0 Å². The zero-order valence-electron chi connectivity index (χ0n) is 14.3. The van der Waals surface area contributed by atoms with Gasteiger partial charge in [0.1, 0.15) is 5.75 Å². The molecule has 1 aliphatic heterocycles. The first-order valence-corrected chi connectivity index (χ1v) is 8.08. The predicted octanol–water partition coefficient (Wildman–Crippen LogP) is 2.32. The number of carbonyl (C=O) groups is 2. The Morgan fingerprint density at radius 1 is 1.12 bits per heavy atom. The van der Waals surface area contributed by atoms with E-state index in [0.717, 1.165) is 6.42 Å². The summed E-state index contributed by atoms with van der Waals surface area (Å²) in [5.74, 6) is -0.946. The Bertz CT molecular complexity index is 825. The average Bonchev–Trinajstić information content (AvgIpc) is 2.60. The van der Waals surface area contributed by atoms with Gasteiger partial charge in [-0.1, -0.05) is 12.1 Å². The number of amides is 2. The minimum absolute atomic E-state index is 0. The van der Waals surface area contributed by atoms with Crippen LogP contribution in [0.3, 0.4) is 0 Å². The van der Waals surface area contributed by atoms with Crippen LogP contribution in [0.2, 0.25) is 0 Å². The minimum Gasteiger partial charge on any atom is -0.506 e. The topological polar surface area (TPSA) is 96.9 Å². The van der Waals surface area contributed by atoms with Crippen LogP contribution in [0.4, 0.5) is 5.69 Å². The number of halogens is 1. The third kappa shape index (κ3) is 3.90. The van der Waals surface area contributed by atoms with E-state index in [-0.39, 0.29) is 18.2 Å². The van der Waals surface area contributed by atoms with E-state index in [1.807, 2.05) is 0 Å². The maximum absolute atomic E-state index is 12.0. The van der Waals surface area contributed by atoms with E-state index in [1.54, 1.807) is 25.3 Å². The SMILES string of the molecule is COCCOCCCNc1c(O)cc2c3c(cccc13)C(=O)NC2=O.Cl. The molecule has 1 aliphatic rings. The molecule has 8 heteroatoms. The first-order chi connectivity index (χ1) is 12.1. The maximum atomic E-state index is 12.0. The Hall–Kier alpha value is -2.35. The highest BCUT2D eigenvalue weighted by Crippen LogP contribution is 2.38. The normalized spacial score (nSPS) is 12.7. The Morgan fingerprint density at radius 3 is 2.65 bits per heavy atom. The zero-order valence-corrected chi connectivity index (χ0v) is 15.1. The lowest BCUT2D eigenvalue weighted by molar-refractivity contribution is 0.0705. The molecule has 0 aromatic heterocycles. The second-order valence-corrected chi connectivity index (χ2v) is 5.72. The minimum atomic E-state index is -0.498. The van der Waals surface area contributed by atoms with Crippen molar-refractivity contribution in [2.24, 2.45) is 0 Å². The highest BCUT2D eigenvalue weighted by Gasteiger charge is 2.27. The van der Waals surface area contributed by atoms with Gasteiger partial charge in [-0.3, -0.25) is 14.9 Å². The molecular formula is C18H21ClN2O5. The van der Waals surface area contributed by atoms with E-state index in [9.17, 15) is 14.7 Å². The number of methoxy groups -OCH3 is 1. The van der Waals surface area contributed by atoms with Gasteiger partial charge in [-0.15, -0.1) is 12.4 Å². The summed E-state index contributed by atoms with van der Waals surface area (Å²) in [6.45, 7) is 2.25. The standard InChI is InChI=1S/C18H20N2O5.ClH/c1-24-8-9-25-7-3-6-19-16-11-4-2-5-12-15(11)13(10-14(16)21)18(23)20-17(12)22;/h2,4-5,10,19,21H,3,6-9H2,1H3,(H,20,22,23);1H. The molecule has 1 heterocycles. The monoisotopic (exact) mass is 380 g/mol. The molecule has 0 aliphatic carbocycles. The lowest BCUT2D eigenvalue weighted by atomic mass is 9.93. The van der Waals surface area contributed by atoms with Gasteiger partial charge in [-0.2, -0.15) is 0 Å². The zero-order chi connectivity index (χ0) is 17.8. The number of anilines is 1. The van der Waals surface area contributed by atoms with Crippen molar-refractivity contribution >= 4 is 40.7 Å². The predicted molar refractivity (Wildman–Crippen MR) is 100 cm³/mol. The van der Waals surface area contributed by atoms with Gasteiger partial charge in [-0.05, 0) is 18.6 Å². The molecule has 3 N–H and O–H groups in total. The number of hydrogen-bond acceptors (Lipinski definition) is 6. The molecule has 2 aromatic rings. The first-order valence-electron chi connectivity index (χ1n) is 8.08. The molecule has 140 valence electrons. The molecule has 0 radical (unpaired) electrons. The number of aromatic hydroxyl groups is 1. The molecule has 7 nitrogen and oxygen atoms in total. The van der Waals surface area contributed by atoms with Gasteiger partial charge in [0.05, 0.1) is 24.5 Å². The molecule has 3 rings (SSSR count). The highest BCUT2D eigenvalue weighted by atomic mass is 35.5. The molecule has 0 spiro atoms. The van der Waals surface area contributed by atoms with Crippen LogP contribution in [0, 0.1) is 0 Å². The van der Waals surface area contributed by atoms with Crippen molar-refractivity contribution in [3.05, 3.63) is 35.4 Å². The molecule has 0 fully saturated rings. The van der Waals surface area contributed by atoms with E-state index >= 15 is 0 Å². The third-order valence-electron chi connectivity index (χ3n) is 4.06. The molecule has 0 unspecified atom stereocenters. The number of carbonyl (C=O) groups excluding carboxylic acids is 2. The van der Waals surface area contributed by atoms with E-state index in [2.05, 4.69) is 10.6 Å². The van der Waals surface area contributed by atoms with Crippen molar-refractivity contribution < 1.29 is 24.2 Å². The largest absolute Gasteiger partial charge is 0.506 e. The fraction of sp³-hybridized carbons (Fsp3) is 0.333. The van der Waals surface area contributed by atoms with Crippen molar-refractivity contribution in [2.75, 3.05) is 38.8 Å². The van der Waals surface area contributed by atoms with Crippen LogP contribution >= 0.6 is 12.4 Å². The number of imide groups is 1. The van der Waals surface area contributed by atoms with Gasteiger partial charge in [0.2, 0.25) is 0 Å². The van der Waals surface area contributed by atoms with E-state index in [0.29, 0.717) is 54.0 Å². The van der Waals surface area contributed by atoms with Crippen LogP contribution in [0.5, 0.6) is 5.75 Å². The number of benzene rings is 2. The van der Waals surface area contributed by atoms with Crippen LogP contribution in [0.25, 0.3) is 10.8 Å². The molecule has 2 aromatic carbocycles. The van der Waals surface area contributed by atoms with Crippen molar-refractivity contribution in [1.29, 1.82) is 0 Å². The summed E-state index contributed by atoms with van der Waals surface area (Å²) in [5.41, 5.74) is 1.24. The summed E-state index contributed by atoms with van der Waals surface area (Å²) in [7, 11) is 1.62. The van der Waals surface area contributed by atoms with Gasteiger partial charge >= 0.3 is 0 Å². The second kappa shape index (κ2) is 8.84. The first kappa shape index (κ1) is 20.0. The number of hydrogen-bond donors (Lipinski definition) is 3. The lowest BCUT2D eigenvalue weighted by Crippen LogP contribution is -2.34. The fourth-order valence-electron chi connectivity index (χ4n) is 2.89. The summed E-state index contributed by atoms with van der Waals surface area (Å²) >= 11 is 0. The average molecular weight is 381 g/mol. The lowest BCUT2D eigenvalue weighted by Gasteiger charge is -2.20. The van der Waals surface area contributed by atoms with Crippen LogP contribution in [0.1, 0.15) is 27.1 Å². The van der Waals surface area contributed by atoms with Gasteiger partial charge in [-0.25, -0.2) is 0 Å².